The Hall–Kier alpha value is -1.19. The minimum atomic E-state index is -0.300. The first-order valence-corrected chi connectivity index (χ1v) is 3.51. The van der Waals surface area contributed by atoms with Crippen LogP contribution in [0.25, 0.3) is 0 Å². The lowest BCUT2D eigenvalue weighted by Crippen LogP contribution is -2.38. The zero-order valence-electron chi connectivity index (χ0n) is 6.98. The number of nitrogens with two attached hydrogens (primary N) is 1. The van der Waals surface area contributed by atoms with Gasteiger partial charge in [-0.2, -0.15) is 0 Å². The van der Waals surface area contributed by atoms with E-state index in [1.165, 1.54) is 0 Å². The Morgan fingerprint density at radius 3 is 2.55 bits per heavy atom. The molecule has 0 aromatic heterocycles. The van der Waals surface area contributed by atoms with E-state index in [1.807, 2.05) is 13.8 Å². The number of carbonyl (C=O) groups excluding carboxylic acids is 1. The number of hydrogen-bond donors (Lipinski definition) is 3. The molecule has 0 fully saturated rings. The lowest BCUT2D eigenvalue weighted by atomic mass is 10.2. The monoisotopic (exact) mass is 157 g/mol. The van der Waals surface area contributed by atoms with E-state index in [0.717, 1.165) is 0 Å². The van der Waals surface area contributed by atoms with E-state index in [2.05, 4.69) is 17.2 Å². The number of nitrogens with one attached hydrogen (secondary N) is 2. The standard InChI is InChI=1S/C7H15N3O/c1-5(2)4-9-7(11)10-6(3)8/h5H,3-4,8H2,1-2H3,(H2,9,10,11). The maximum absolute atomic E-state index is 10.8. The van der Waals surface area contributed by atoms with E-state index in [9.17, 15) is 4.79 Å². The zero-order chi connectivity index (χ0) is 8.85. The van der Waals surface area contributed by atoms with Gasteiger partial charge in [-0.1, -0.05) is 20.4 Å². The smallest absolute Gasteiger partial charge is 0.320 e. The number of urea groups is 1. The molecule has 0 radical (unpaired) electrons. The molecule has 4 heteroatoms. The molecule has 64 valence electrons. The second-order valence-electron chi connectivity index (χ2n) is 2.75. The van der Waals surface area contributed by atoms with Gasteiger partial charge in [-0.25, -0.2) is 4.79 Å². The Kier molecular flexibility index (Phi) is 4.10. The summed E-state index contributed by atoms with van der Waals surface area (Å²) in [5, 5.41) is 4.95. The summed E-state index contributed by atoms with van der Waals surface area (Å²) in [5.74, 6) is 0.595. The van der Waals surface area contributed by atoms with Crippen LogP contribution in [-0.4, -0.2) is 12.6 Å². The van der Waals surface area contributed by atoms with Gasteiger partial charge in [-0.15, -0.1) is 0 Å². The van der Waals surface area contributed by atoms with Crippen LogP contribution < -0.4 is 16.4 Å². The molecule has 0 bridgehead atoms. The molecule has 11 heavy (non-hydrogen) atoms. The van der Waals surface area contributed by atoms with Crippen LogP contribution in [0.15, 0.2) is 12.4 Å². The highest BCUT2D eigenvalue weighted by Gasteiger charge is 1.99. The van der Waals surface area contributed by atoms with Crippen LogP contribution in [-0.2, 0) is 0 Å². The van der Waals surface area contributed by atoms with Gasteiger partial charge in [0, 0.05) is 6.54 Å². The summed E-state index contributed by atoms with van der Waals surface area (Å²) in [7, 11) is 0. The van der Waals surface area contributed by atoms with E-state index in [4.69, 9.17) is 5.73 Å². The topological polar surface area (TPSA) is 67.1 Å². The second-order valence-corrected chi connectivity index (χ2v) is 2.75. The molecular formula is C7H15N3O. The number of rotatable bonds is 3. The largest absolute Gasteiger partial charge is 0.386 e. The molecule has 0 saturated heterocycles. The van der Waals surface area contributed by atoms with Crippen LogP contribution in [0, 0.1) is 5.92 Å². The number of hydrogen-bond acceptors (Lipinski definition) is 2. The van der Waals surface area contributed by atoms with Gasteiger partial charge in [0.1, 0.15) is 0 Å². The molecule has 4 nitrogen and oxygen atoms in total. The fourth-order valence-electron chi connectivity index (χ4n) is 0.487. The van der Waals surface area contributed by atoms with Crippen molar-refractivity contribution in [1.29, 1.82) is 0 Å². The van der Waals surface area contributed by atoms with Gasteiger partial charge in [0.25, 0.3) is 0 Å². The van der Waals surface area contributed by atoms with Crippen molar-refractivity contribution in [1.82, 2.24) is 10.6 Å². The third-order valence-electron chi connectivity index (χ3n) is 0.945. The van der Waals surface area contributed by atoms with Crippen LogP contribution in [0.3, 0.4) is 0 Å². The van der Waals surface area contributed by atoms with Crippen LogP contribution in [0.5, 0.6) is 0 Å². The van der Waals surface area contributed by atoms with Crippen molar-refractivity contribution in [2.24, 2.45) is 11.7 Å². The van der Waals surface area contributed by atoms with Gasteiger partial charge in [-0.05, 0) is 5.92 Å². The molecule has 0 rings (SSSR count). The Morgan fingerprint density at radius 2 is 2.18 bits per heavy atom. The average molecular weight is 157 g/mol. The van der Waals surface area contributed by atoms with E-state index in [1.54, 1.807) is 0 Å². The molecule has 0 aromatic rings. The fourth-order valence-corrected chi connectivity index (χ4v) is 0.487. The number of carbonyl (C=O) groups is 1. The van der Waals surface area contributed by atoms with Gasteiger partial charge in [0.15, 0.2) is 0 Å². The molecule has 0 aliphatic carbocycles. The van der Waals surface area contributed by atoms with Crippen molar-refractivity contribution < 1.29 is 4.79 Å². The Balaban J connectivity index is 3.46. The van der Waals surface area contributed by atoms with Crippen LogP contribution >= 0.6 is 0 Å². The van der Waals surface area contributed by atoms with Gasteiger partial charge in [0.2, 0.25) is 0 Å². The summed E-state index contributed by atoms with van der Waals surface area (Å²) in [6.07, 6.45) is 0. The lowest BCUT2D eigenvalue weighted by molar-refractivity contribution is 0.242. The Morgan fingerprint density at radius 1 is 1.64 bits per heavy atom. The summed E-state index contributed by atoms with van der Waals surface area (Å²) < 4.78 is 0. The molecule has 0 unspecified atom stereocenters. The van der Waals surface area contributed by atoms with Crippen molar-refractivity contribution in [2.75, 3.05) is 6.54 Å². The molecular weight excluding hydrogens is 142 g/mol. The molecule has 0 spiro atoms. The molecule has 0 aliphatic rings. The third kappa shape index (κ3) is 6.70. The normalized spacial score (nSPS) is 9.36. The molecule has 0 saturated carbocycles. The average Bonchev–Trinajstić information content (AvgIpc) is 1.82. The summed E-state index contributed by atoms with van der Waals surface area (Å²) in [6, 6.07) is -0.300. The Bertz CT molecular complexity index is 154. The maximum Gasteiger partial charge on any atom is 0.320 e. The molecule has 0 atom stereocenters. The fraction of sp³-hybridized carbons (Fsp3) is 0.571. The van der Waals surface area contributed by atoms with E-state index in [0.29, 0.717) is 12.5 Å². The summed E-state index contributed by atoms with van der Waals surface area (Å²) in [5.41, 5.74) is 5.13. The van der Waals surface area contributed by atoms with Gasteiger partial charge in [0.05, 0.1) is 5.82 Å². The highest BCUT2D eigenvalue weighted by Crippen LogP contribution is 1.86. The third-order valence-corrected chi connectivity index (χ3v) is 0.945. The highest BCUT2D eigenvalue weighted by molar-refractivity contribution is 5.75. The SMILES string of the molecule is C=C(N)NC(=O)NCC(C)C. The number of amides is 2. The minimum Gasteiger partial charge on any atom is -0.386 e. The lowest BCUT2D eigenvalue weighted by Gasteiger charge is -2.07. The molecule has 2 amide bonds. The predicted octanol–water partition coefficient (Wildman–Crippen LogP) is 0.371. The molecule has 4 N–H and O–H groups in total. The van der Waals surface area contributed by atoms with Crippen molar-refractivity contribution in [3.63, 3.8) is 0 Å². The van der Waals surface area contributed by atoms with Crippen molar-refractivity contribution >= 4 is 6.03 Å². The minimum absolute atomic E-state index is 0.159. The zero-order valence-corrected chi connectivity index (χ0v) is 6.98. The van der Waals surface area contributed by atoms with Crippen molar-refractivity contribution in [3.05, 3.63) is 12.4 Å². The molecule has 0 aromatic carbocycles. The molecule has 0 heterocycles. The Labute approximate surface area is 66.8 Å². The first kappa shape index (κ1) is 9.81. The van der Waals surface area contributed by atoms with Gasteiger partial charge in [-0.3, -0.25) is 5.32 Å². The summed E-state index contributed by atoms with van der Waals surface area (Å²) in [4.78, 5) is 10.8. The predicted molar refractivity (Wildman–Crippen MR) is 44.7 cm³/mol. The van der Waals surface area contributed by atoms with Crippen LogP contribution in [0.1, 0.15) is 13.8 Å². The van der Waals surface area contributed by atoms with Crippen molar-refractivity contribution in [3.8, 4) is 0 Å². The maximum atomic E-state index is 10.8. The quantitative estimate of drug-likeness (QED) is 0.554. The van der Waals surface area contributed by atoms with Gasteiger partial charge >= 0.3 is 6.03 Å². The van der Waals surface area contributed by atoms with Crippen molar-refractivity contribution in [2.45, 2.75) is 13.8 Å². The summed E-state index contributed by atoms with van der Waals surface area (Å²) in [6.45, 7) is 7.99. The van der Waals surface area contributed by atoms with Crippen LogP contribution in [0.2, 0.25) is 0 Å². The summed E-state index contributed by atoms with van der Waals surface area (Å²) >= 11 is 0. The van der Waals surface area contributed by atoms with Crippen LogP contribution in [0.4, 0.5) is 4.79 Å². The first-order valence-electron chi connectivity index (χ1n) is 3.51. The first-order chi connectivity index (χ1) is 5.02. The molecule has 0 aliphatic heterocycles. The van der Waals surface area contributed by atoms with Gasteiger partial charge < -0.3 is 11.1 Å². The highest BCUT2D eigenvalue weighted by atomic mass is 16.2. The van der Waals surface area contributed by atoms with E-state index < -0.39 is 0 Å². The van der Waals surface area contributed by atoms with E-state index in [-0.39, 0.29) is 11.9 Å². The second kappa shape index (κ2) is 4.60. The van der Waals surface area contributed by atoms with E-state index >= 15 is 0 Å².